The van der Waals surface area contributed by atoms with Crippen LogP contribution in [0.4, 0.5) is 11.8 Å². The van der Waals surface area contributed by atoms with E-state index in [1.807, 2.05) is 12.3 Å². The molecule has 1 saturated carbocycles. The maximum Gasteiger partial charge on any atom is 0.222 e. The van der Waals surface area contributed by atoms with Crippen LogP contribution in [-0.2, 0) is 17.8 Å². The van der Waals surface area contributed by atoms with E-state index >= 15 is 0 Å². The third kappa shape index (κ3) is 5.90. The highest BCUT2D eigenvalue weighted by molar-refractivity contribution is 5.87. The molecule has 38 heavy (non-hydrogen) atoms. The standard InChI is InChI=1S/C29H43N7O2/c1-3-4-5-11-33-27-26-24(34-28(31)35-27)9-12-36(26)19-22-7-6-20(13-25(22)37-2)17-32-18-23-8-10-29(38-23)14-21(15-29)16-30/h6-7,9,12-13,21,23,32H,3-5,8,10-11,14-19,30H2,1-2H3,(H3,31,33,34,35). The molecule has 1 aromatic carbocycles. The molecule has 1 spiro atoms. The van der Waals surface area contributed by atoms with E-state index in [9.17, 15) is 0 Å². The Labute approximate surface area is 225 Å². The fourth-order valence-electron chi connectivity index (χ4n) is 6.05. The lowest BCUT2D eigenvalue weighted by Crippen LogP contribution is -2.47. The summed E-state index contributed by atoms with van der Waals surface area (Å²) in [5.41, 5.74) is 16.0. The number of fused-ring (bicyclic) bond motifs is 1. The summed E-state index contributed by atoms with van der Waals surface area (Å²) in [6, 6.07) is 8.44. The van der Waals surface area contributed by atoms with Crippen molar-refractivity contribution in [2.24, 2.45) is 11.7 Å². The van der Waals surface area contributed by atoms with Crippen LogP contribution >= 0.6 is 0 Å². The number of rotatable bonds is 13. The zero-order valence-electron chi connectivity index (χ0n) is 22.8. The van der Waals surface area contributed by atoms with Crippen LogP contribution in [0.25, 0.3) is 11.0 Å². The molecule has 1 aliphatic heterocycles. The van der Waals surface area contributed by atoms with Crippen LogP contribution in [0, 0.1) is 5.92 Å². The number of aromatic nitrogens is 3. The molecule has 2 fully saturated rings. The highest BCUT2D eigenvalue weighted by atomic mass is 16.5. The molecule has 1 unspecified atom stereocenters. The molecular weight excluding hydrogens is 478 g/mol. The number of unbranched alkanes of at least 4 members (excludes halogenated alkanes) is 2. The Morgan fingerprint density at radius 3 is 2.87 bits per heavy atom. The minimum absolute atomic E-state index is 0.117. The highest BCUT2D eigenvalue weighted by Gasteiger charge is 2.49. The Hall–Kier alpha value is -2.88. The largest absolute Gasteiger partial charge is 0.496 e. The zero-order chi connectivity index (χ0) is 26.5. The van der Waals surface area contributed by atoms with Gasteiger partial charge < -0.3 is 36.1 Å². The molecule has 1 atom stereocenters. The minimum atomic E-state index is 0.117. The summed E-state index contributed by atoms with van der Waals surface area (Å²) in [7, 11) is 1.73. The van der Waals surface area contributed by atoms with Crippen molar-refractivity contribution < 1.29 is 9.47 Å². The second-order valence-corrected chi connectivity index (χ2v) is 11.0. The van der Waals surface area contributed by atoms with Crippen molar-refractivity contribution in [3.8, 4) is 5.75 Å². The number of nitrogens with two attached hydrogens (primary N) is 2. The van der Waals surface area contributed by atoms with E-state index in [2.05, 4.69) is 50.3 Å². The van der Waals surface area contributed by atoms with Gasteiger partial charge in [0.2, 0.25) is 5.95 Å². The molecule has 206 valence electrons. The lowest BCUT2D eigenvalue weighted by atomic mass is 9.69. The normalized spacial score (nSPS) is 22.7. The highest BCUT2D eigenvalue weighted by Crippen LogP contribution is 2.48. The van der Waals surface area contributed by atoms with Crippen molar-refractivity contribution in [2.75, 3.05) is 37.8 Å². The van der Waals surface area contributed by atoms with Gasteiger partial charge in [-0.1, -0.05) is 31.9 Å². The van der Waals surface area contributed by atoms with E-state index in [-0.39, 0.29) is 17.7 Å². The summed E-state index contributed by atoms with van der Waals surface area (Å²) in [5.74, 6) is 2.59. The summed E-state index contributed by atoms with van der Waals surface area (Å²) in [6.07, 6.45) is 10.3. The number of nitrogens with one attached hydrogen (secondary N) is 2. The number of hydrogen-bond donors (Lipinski definition) is 4. The van der Waals surface area contributed by atoms with Crippen molar-refractivity contribution in [3.63, 3.8) is 0 Å². The molecule has 9 nitrogen and oxygen atoms in total. The van der Waals surface area contributed by atoms with Crippen LogP contribution < -0.4 is 26.8 Å². The lowest BCUT2D eigenvalue weighted by Gasteiger charge is -2.44. The van der Waals surface area contributed by atoms with Gasteiger partial charge in [0.05, 0.1) is 30.9 Å². The molecule has 0 amide bonds. The molecule has 0 radical (unpaired) electrons. The molecule has 5 rings (SSSR count). The Bertz CT molecular complexity index is 1220. The molecule has 3 heterocycles. The van der Waals surface area contributed by atoms with Crippen molar-refractivity contribution in [1.29, 1.82) is 0 Å². The maximum atomic E-state index is 6.40. The second-order valence-electron chi connectivity index (χ2n) is 11.0. The molecule has 2 aromatic heterocycles. The van der Waals surface area contributed by atoms with Crippen molar-refractivity contribution in [2.45, 2.75) is 76.7 Å². The molecule has 9 heteroatoms. The number of nitrogens with zero attached hydrogens (tertiary/aromatic N) is 3. The summed E-state index contributed by atoms with van der Waals surface area (Å²) in [4.78, 5) is 8.94. The minimum Gasteiger partial charge on any atom is -0.496 e. The van der Waals surface area contributed by atoms with Crippen LogP contribution in [0.15, 0.2) is 30.5 Å². The first kappa shape index (κ1) is 26.7. The number of anilines is 2. The summed E-state index contributed by atoms with van der Waals surface area (Å²) in [6.45, 7) is 6.14. The number of hydrogen-bond acceptors (Lipinski definition) is 8. The predicted octanol–water partition coefficient (Wildman–Crippen LogP) is 4.05. The average Bonchev–Trinajstić information content (AvgIpc) is 3.51. The van der Waals surface area contributed by atoms with Crippen molar-refractivity contribution in [3.05, 3.63) is 41.6 Å². The van der Waals surface area contributed by atoms with Gasteiger partial charge in [0.25, 0.3) is 0 Å². The van der Waals surface area contributed by atoms with Gasteiger partial charge in [-0.2, -0.15) is 4.98 Å². The molecule has 1 saturated heterocycles. The first-order valence-electron chi connectivity index (χ1n) is 14.1. The average molecular weight is 522 g/mol. The number of benzene rings is 1. The van der Waals surface area contributed by atoms with Crippen LogP contribution in [0.2, 0.25) is 0 Å². The third-order valence-corrected chi connectivity index (χ3v) is 8.09. The fraction of sp³-hybridized carbons (Fsp3) is 0.586. The molecule has 2 aliphatic rings. The van der Waals surface area contributed by atoms with Gasteiger partial charge in [-0.3, -0.25) is 0 Å². The van der Waals surface area contributed by atoms with E-state index in [1.54, 1.807) is 7.11 Å². The Morgan fingerprint density at radius 1 is 1.21 bits per heavy atom. The molecule has 3 aromatic rings. The molecular formula is C29H43N7O2. The fourth-order valence-corrected chi connectivity index (χ4v) is 6.05. The summed E-state index contributed by atoms with van der Waals surface area (Å²) in [5, 5.41) is 7.06. The van der Waals surface area contributed by atoms with E-state index in [0.717, 1.165) is 80.0 Å². The van der Waals surface area contributed by atoms with E-state index in [0.29, 0.717) is 12.5 Å². The number of nitrogen functional groups attached to an aromatic ring is 1. The first-order valence-corrected chi connectivity index (χ1v) is 14.1. The Balaban J connectivity index is 1.21. The van der Waals surface area contributed by atoms with Crippen molar-refractivity contribution in [1.82, 2.24) is 19.9 Å². The smallest absolute Gasteiger partial charge is 0.222 e. The molecule has 6 N–H and O–H groups in total. The maximum absolute atomic E-state index is 6.40. The van der Waals surface area contributed by atoms with E-state index in [1.165, 1.54) is 24.8 Å². The molecule has 0 bridgehead atoms. The SMILES string of the molecule is CCCCCNc1nc(N)nc2ccn(Cc3ccc(CNCC4CCC5(CC(CN)C5)O4)cc3OC)c12. The lowest BCUT2D eigenvalue weighted by molar-refractivity contribution is -0.116. The van der Waals surface area contributed by atoms with E-state index < -0.39 is 0 Å². The Kier molecular flexibility index (Phi) is 8.35. The van der Waals surface area contributed by atoms with Gasteiger partial charge in [-0.25, -0.2) is 4.98 Å². The number of ether oxygens (including phenoxy) is 2. The van der Waals surface area contributed by atoms with Gasteiger partial charge in [0, 0.05) is 31.4 Å². The molecule has 1 aliphatic carbocycles. The zero-order valence-corrected chi connectivity index (χ0v) is 22.8. The van der Waals surface area contributed by atoms with Crippen molar-refractivity contribution >= 4 is 22.8 Å². The van der Waals surface area contributed by atoms with E-state index in [4.69, 9.17) is 20.9 Å². The van der Waals surface area contributed by atoms with Gasteiger partial charge in [0.15, 0.2) is 5.82 Å². The van der Waals surface area contributed by atoms with Gasteiger partial charge in [-0.05, 0) is 62.3 Å². The second kappa shape index (κ2) is 11.9. The summed E-state index contributed by atoms with van der Waals surface area (Å²) >= 11 is 0. The predicted molar refractivity (Wildman–Crippen MR) is 152 cm³/mol. The van der Waals surface area contributed by atoms with Gasteiger partial charge in [0.1, 0.15) is 11.3 Å². The topological polar surface area (TPSA) is 125 Å². The van der Waals surface area contributed by atoms with Crippen LogP contribution in [0.3, 0.4) is 0 Å². The number of methoxy groups -OCH3 is 1. The van der Waals surface area contributed by atoms with Gasteiger partial charge >= 0.3 is 0 Å². The van der Waals surface area contributed by atoms with Crippen LogP contribution in [-0.4, -0.2) is 53.0 Å². The van der Waals surface area contributed by atoms with Gasteiger partial charge in [-0.15, -0.1) is 0 Å². The van der Waals surface area contributed by atoms with Crippen LogP contribution in [0.1, 0.15) is 63.0 Å². The Morgan fingerprint density at radius 2 is 2.08 bits per heavy atom. The third-order valence-electron chi connectivity index (χ3n) is 8.09. The summed E-state index contributed by atoms with van der Waals surface area (Å²) < 4.78 is 14.4. The first-order chi connectivity index (χ1) is 18.5. The monoisotopic (exact) mass is 521 g/mol. The van der Waals surface area contributed by atoms with Crippen LogP contribution in [0.5, 0.6) is 5.75 Å². The quantitative estimate of drug-likeness (QED) is 0.248.